The van der Waals surface area contributed by atoms with Crippen LogP contribution < -0.4 is 19.5 Å². The van der Waals surface area contributed by atoms with Crippen molar-refractivity contribution in [3.8, 4) is 17.2 Å². The van der Waals surface area contributed by atoms with Gasteiger partial charge in [0.15, 0.2) is 23.1 Å². The molecule has 0 spiro atoms. The van der Waals surface area contributed by atoms with Gasteiger partial charge in [-0.05, 0) is 49.9 Å². The van der Waals surface area contributed by atoms with Crippen molar-refractivity contribution in [2.24, 2.45) is 0 Å². The predicted molar refractivity (Wildman–Crippen MR) is 147 cm³/mol. The van der Waals surface area contributed by atoms with E-state index >= 15 is 4.39 Å². The largest absolute Gasteiger partial charge is 0.494 e. The van der Waals surface area contributed by atoms with Gasteiger partial charge in [-0.2, -0.15) is 0 Å². The molecule has 1 aliphatic rings. The van der Waals surface area contributed by atoms with Gasteiger partial charge in [-0.15, -0.1) is 0 Å². The maximum Gasteiger partial charge on any atom is 0.197 e. The maximum atomic E-state index is 15.4. The van der Waals surface area contributed by atoms with E-state index in [0.717, 1.165) is 5.56 Å². The molecule has 2 N–H and O–H groups in total. The van der Waals surface area contributed by atoms with Crippen molar-refractivity contribution in [2.75, 3.05) is 45.9 Å². The minimum Gasteiger partial charge on any atom is -0.494 e. The Morgan fingerprint density at radius 3 is 2.39 bits per heavy atom. The van der Waals surface area contributed by atoms with Gasteiger partial charge in [0.2, 0.25) is 0 Å². The van der Waals surface area contributed by atoms with Gasteiger partial charge >= 0.3 is 0 Å². The highest BCUT2D eigenvalue weighted by molar-refractivity contribution is 6.06. The molecular formula is C29H40FN3O5. The van der Waals surface area contributed by atoms with Crippen molar-refractivity contribution in [1.82, 2.24) is 4.90 Å². The second-order valence-corrected chi connectivity index (χ2v) is 10.4. The zero-order chi connectivity index (χ0) is 28.2. The number of hydrogen-bond donors (Lipinski definition) is 2. The van der Waals surface area contributed by atoms with Crippen LogP contribution in [0, 0.1) is 11.2 Å². The zero-order valence-corrected chi connectivity index (χ0v) is 23.7. The number of Topliss-reactive ketones (excluding diaryl/α,β-unsaturated/α-hetero) is 1. The summed E-state index contributed by atoms with van der Waals surface area (Å²) in [5, 5.41) is 12.1. The quantitative estimate of drug-likeness (QED) is 0.356. The summed E-state index contributed by atoms with van der Waals surface area (Å²) < 4.78 is 37.6. The number of amidine groups is 1. The van der Waals surface area contributed by atoms with E-state index in [-0.39, 0.29) is 54.1 Å². The third-order valence-electron chi connectivity index (χ3n) is 6.35. The highest BCUT2D eigenvalue weighted by Crippen LogP contribution is 2.40. The molecule has 1 heterocycles. The normalized spacial score (nSPS) is 13.8. The van der Waals surface area contributed by atoms with Crippen molar-refractivity contribution < 1.29 is 28.1 Å². The lowest BCUT2D eigenvalue weighted by Crippen LogP contribution is -2.31. The van der Waals surface area contributed by atoms with E-state index < -0.39 is 5.82 Å². The Kier molecular flexibility index (Phi) is 9.25. The molecule has 38 heavy (non-hydrogen) atoms. The van der Waals surface area contributed by atoms with Gasteiger partial charge in [0.25, 0.3) is 0 Å². The maximum absolute atomic E-state index is 15.4. The van der Waals surface area contributed by atoms with Gasteiger partial charge in [-0.3, -0.25) is 10.2 Å². The molecule has 0 aromatic heterocycles. The van der Waals surface area contributed by atoms with Gasteiger partial charge in [-0.25, -0.2) is 4.39 Å². The van der Waals surface area contributed by atoms with E-state index in [1.807, 2.05) is 19.9 Å². The number of hydrogen-bond acceptors (Lipinski definition) is 7. The van der Waals surface area contributed by atoms with Crippen LogP contribution in [0.2, 0.25) is 0 Å². The summed E-state index contributed by atoms with van der Waals surface area (Å²) in [7, 11) is 3.25. The number of nitrogens with zero attached hydrogens (tertiary/aromatic N) is 1. The fourth-order valence-electron chi connectivity index (χ4n) is 4.65. The Labute approximate surface area is 224 Å². The lowest BCUT2D eigenvalue weighted by atomic mass is 9.84. The number of ketones is 1. The molecule has 9 heteroatoms. The standard InChI is InChI=1S/C29H40FN3O5/c1-9-37-23-13-19-14-33(28(31)24(19)25(30)27(23)38-10-2)15-22(34)18-11-20(29(4,5)6)26(36-8)21(12-18)32-17(3)16-35-7/h11-13,17,31-32H,9-10,14-16H2,1-8H3. The highest BCUT2D eigenvalue weighted by Gasteiger charge is 2.33. The van der Waals surface area contributed by atoms with E-state index in [9.17, 15) is 4.79 Å². The molecule has 2 aromatic carbocycles. The van der Waals surface area contributed by atoms with E-state index in [4.69, 9.17) is 24.4 Å². The number of anilines is 1. The van der Waals surface area contributed by atoms with Crippen molar-refractivity contribution in [3.05, 3.63) is 46.3 Å². The van der Waals surface area contributed by atoms with Crippen LogP contribution in [0.3, 0.4) is 0 Å². The van der Waals surface area contributed by atoms with Crippen LogP contribution in [-0.4, -0.2) is 63.1 Å². The number of halogens is 1. The molecule has 0 bridgehead atoms. The Balaban J connectivity index is 1.95. The van der Waals surface area contributed by atoms with Gasteiger partial charge in [0, 0.05) is 30.8 Å². The molecule has 0 amide bonds. The Morgan fingerprint density at radius 2 is 1.82 bits per heavy atom. The van der Waals surface area contributed by atoms with Crippen LogP contribution in [-0.2, 0) is 16.7 Å². The average Bonchev–Trinajstić information content (AvgIpc) is 3.15. The molecule has 1 aliphatic heterocycles. The number of fused-ring (bicyclic) bond motifs is 1. The first kappa shape index (κ1) is 29.2. The summed E-state index contributed by atoms with van der Waals surface area (Å²) in [4.78, 5) is 15.2. The highest BCUT2D eigenvalue weighted by atomic mass is 19.1. The molecule has 0 saturated heterocycles. The van der Waals surface area contributed by atoms with Gasteiger partial charge in [-0.1, -0.05) is 20.8 Å². The topological polar surface area (TPSA) is 93.1 Å². The monoisotopic (exact) mass is 529 g/mol. The second kappa shape index (κ2) is 12.0. The van der Waals surface area contributed by atoms with E-state index in [0.29, 0.717) is 41.5 Å². The summed E-state index contributed by atoms with van der Waals surface area (Å²) in [6.45, 7) is 13.0. The molecule has 3 rings (SSSR count). The van der Waals surface area contributed by atoms with Crippen LogP contribution in [0.25, 0.3) is 0 Å². The Bertz CT molecular complexity index is 1190. The zero-order valence-electron chi connectivity index (χ0n) is 23.7. The van der Waals surface area contributed by atoms with E-state index in [1.165, 1.54) is 0 Å². The van der Waals surface area contributed by atoms with Crippen LogP contribution in [0.15, 0.2) is 18.2 Å². The molecule has 8 nitrogen and oxygen atoms in total. The lowest BCUT2D eigenvalue weighted by molar-refractivity contribution is 0.0962. The number of ether oxygens (including phenoxy) is 4. The third-order valence-corrected chi connectivity index (χ3v) is 6.35. The fourth-order valence-corrected chi connectivity index (χ4v) is 4.65. The van der Waals surface area contributed by atoms with Crippen LogP contribution in [0.1, 0.15) is 68.6 Å². The summed E-state index contributed by atoms with van der Waals surface area (Å²) in [5.41, 5.74) is 2.50. The Hall–Kier alpha value is -3.33. The molecule has 0 saturated carbocycles. The molecule has 208 valence electrons. The molecule has 0 radical (unpaired) electrons. The molecule has 0 aliphatic carbocycles. The van der Waals surface area contributed by atoms with Crippen molar-refractivity contribution >= 4 is 17.3 Å². The molecular weight excluding hydrogens is 489 g/mol. The van der Waals surface area contributed by atoms with Gasteiger partial charge < -0.3 is 29.2 Å². The van der Waals surface area contributed by atoms with Crippen LogP contribution in [0.4, 0.5) is 10.1 Å². The molecule has 2 aromatic rings. The summed E-state index contributed by atoms with van der Waals surface area (Å²) >= 11 is 0. The first-order valence-corrected chi connectivity index (χ1v) is 12.9. The lowest BCUT2D eigenvalue weighted by Gasteiger charge is -2.27. The summed E-state index contributed by atoms with van der Waals surface area (Å²) in [6.07, 6.45) is 0. The smallest absolute Gasteiger partial charge is 0.197 e. The molecule has 0 fully saturated rings. The van der Waals surface area contributed by atoms with Crippen molar-refractivity contribution in [3.63, 3.8) is 0 Å². The number of nitrogens with one attached hydrogen (secondary N) is 2. The number of benzene rings is 2. The van der Waals surface area contributed by atoms with E-state index in [1.54, 1.807) is 38.2 Å². The minimum atomic E-state index is -0.633. The molecule has 1 atom stereocenters. The van der Waals surface area contributed by atoms with Gasteiger partial charge in [0.1, 0.15) is 11.6 Å². The summed E-state index contributed by atoms with van der Waals surface area (Å²) in [5.74, 6) is 0.104. The second-order valence-electron chi connectivity index (χ2n) is 10.4. The van der Waals surface area contributed by atoms with Gasteiger partial charge in [0.05, 0.1) is 44.7 Å². The fraction of sp³-hybridized carbons (Fsp3) is 0.517. The van der Waals surface area contributed by atoms with Crippen molar-refractivity contribution in [2.45, 2.75) is 59.5 Å². The van der Waals surface area contributed by atoms with E-state index in [2.05, 4.69) is 26.1 Å². The number of carbonyl (C=O) groups excluding carboxylic acids is 1. The van der Waals surface area contributed by atoms with Crippen LogP contribution in [0.5, 0.6) is 17.2 Å². The number of methoxy groups -OCH3 is 2. The number of rotatable bonds is 12. The van der Waals surface area contributed by atoms with Crippen LogP contribution >= 0.6 is 0 Å². The molecule has 1 unspecified atom stereocenters. The number of carbonyl (C=O) groups is 1. The third kappa shape index (κ3) is 6.04. The Morgan fingerprint density at radius 1 is 1.13 bits per heavy atom. The summed E-state index contributed by atoms with van der Waals surface area (Å²) in [6, 6.07) is 5.31. The minimum absolute atomic E-state index is 0.00288. The first-order chi connectivity index (χ1) is 18.0. The first-order valence-electron chi connectivity index (χ1n) is 12.9. The SMILES string of the molecule is CCOc1cc2c(c(F)c1OCC)C(=N)N(CC(=O)c1cc(NC(C)COC)c(OC)c(C(C)(C)C)c1)C2. The van der Waals surface area contributed by atoms with Crippen molar-refractivity contribution in [1.29, 1.82) is 5.41 Å². The average molecular weight is 530 g/mol. The predicted octanol–water partition coefficient (Wildman–Crippen LogP) is 5.40.